The van der Waals surface area contributed by atoms with Crippen LogP contribution in [0.5, 0.6) is 0 Å². The zero-order valence-corrected chi connectivity index (χ0v) is 10.4. The van der Waals surface area contributed by atoms with Crippen LogP contribution >= 0.6 is 0 Å². The number of likely N-dealkylation sites (tertiary alicyclic amines) is 1. The van der Waals surface area contributed by atoms with Crippen molar-refractivity contribution in [3.8, 4) is 0 Å². The van der Waals surface area contributed by atoms with Gasteiger partial charge in [-0.3, -0.25) is 9.69 Å². The van der Waals surface area contributed by atoms with E-state index in [-0.39, 0.29) is 5.91 Å². The van der Waals surface area contributed by atoms with Gasteiger partial charge in [0.1, 0.15) is 0 Å². The molecule has 1 rings (SSSR count). The van der Waals surface area contributed by atoms with E-state index < -0.39 is 0 Å². The molecule has 1 aliphatic rings. The van der Waals surface area contributed by atoms with E-state index in [0.717, 1.165) is 39.0 Å². The van der Waals surface area contributed by atoms with Crippen molar-refractivity contribution in [3.63, 3.8) is 0 Å². The summed E-state index contributed by atoms with van der Waals surface area (Å²) in [5, 5.41) is 6.09. The maximum atomic E-state index is 10.9. The summed E-state index contributed by atoms with van der Waals surface area (Å²) in [6, 6.07) is 0.367. The maximum absolute atomic E-state index is 10.9. The summed E-state index contributed by atoms with van der Waals surface area (Å²) in [5.41, 5.74) is 1.22. The van der Waals surface area contributed by atoms with Crippen LogP contribution in [0.4, 0.5) is 0 Å². The first-order valence-corrected chi connectivity index (χ1v) is 5.92. The van der Waals surface area contributed by atoms with Crippen LogP contribution in [-0.2, 0) is 4.79 Å². The fourth-order valence-electron chi connectivity index (χ4n) is 2.15. The minimum atomic E-state index is 0.0815. The number of carbonyl (C=O) groups is 1. The summed E-state index contributed by atoms with van der Waals surface area (Å²) in [6.45, 7) is 9.56. The van der Waals surface area contributed by atoms with Crippen molar-refractivity contribution in [2.24, 2.45) is 0 Å². The number of piperidine rings is 1. The van der Waals surface area contributed by atoms with E-state index in [2.05, 4.69) is 22.1 Å². The average Bonchev–Trinajstić information content (AvgIpc) is 2.20. The van der Waals surface area contributed by atoms with Crippen LogP contribution in [0, 0.1) is 0 Å². The molecule has 0 aromatic heterocycles. The van der Waals surface area contributed by atoms with Crippen LogP contribution in [0.1, 0.15) is 19.8 Å². The molecule has 2 N–H and O–H groups in total. The highest BCUT2D eigenvalue weighted by Gasteiger charge is 2.19. The highest BCUT2D eigenvalue weighted by atomic mass is 16.1. The van der Waals surface area contributed by atoms with Crippen LogP contribution in [-0.4, -0.2) is 50.1 Å². The molecule has 0 aliphatic carbocycles. The molecule has 0 radical (unpaired) electrons. The molecule has 1 fully saturated rings. The summed E-state index contributed by atoms with van der Waals surface area (Å²) in [6.07, 6.45) is 2.10. The minimum Gasteiger partial charge on any atom is -0.354 e. The molecule has 1 saturated heterocycles. The molecule has 1 aliphatic heterocycles. The molecule has 16 heavy (non-hydrogen) atoms. The fourth-order valence-corrected chi connectivity index (χ4v) is 2.15. The third-order valence-electron chi connectivity index (χ3n) is 2.87. The molecular weight excluding hydrogens is 202 g/mol. The average molecular weight is 225 g/mol. The number of rotatable bonds is 5. The number of likely N-dealkylation sites (N-methyl/N-ethyl adjacent to an activating group) is 1. The lowest BCUT2D eigenvalue weighted by Gasteiger charge is -2.32. The van der Waals surface area contributed by atoms with Gasteiger partial charge in [-0.1, -0.05) is 6.58 Å². The number of hydrogen-bond donors (Lipinski definition) is 2. The fraction of sp³-hybridized carbons (Fsp3) is 0.750. The van der Waals surface area contributed by atoms with Gasteiger partial charge in [-0.15, -0.1) is 0 Å². The Labute approximate surface area is 98.1 Å². The van der Waals surface area contributed by atoms with Crippen LogP contribution in [0.3, 0.4) is 0 Å². The van der Waals surface area contributed by atoms with E-state index >= 15 is 0 Å². The quantitative estimate of drug-likeness (QED) is 0.664. The Morgan fingerprint density at radius 2 is 2.06 bits per heavy atom. The molecule has 0 aromatic carbocycles. The van der Waals surface area contributed by atoms with E-state index in [9.17, 15) is 4.79 Å². The second-order valence-electron chi connectivity index (χ2n) is 4.53. The largest absolute Gasteiger partial charge is 0.354 e. The predicted octanol–water partition coefficient (Wildman–Crippen LogP) is 0.363. The van der Waals surface area contributed by atoms with Gasteiger partial charge in [0.05, 0.1) is 0 Å². The van der Waals surface area contributed by atoms with Crippen molar-refractivity contribution >= 4 is 5.91 Å². The zero-order chi connectivity index (χ0) is 12.0. The Kier molecular flexibility index (Phi) is 5.49. The zero-order valence-electron chi connectivity index (χ0n) is 10.4. The molecule has 0 bridgehead atoms. The lowest BCUT2D eigenvalue weighted by atomic mass is 10.0. The van der Waals surface area contributed by atoms with Crippen LogP contribution < -0.4 is 10.6 Å². The van der Waals surface area contributed by atoms with Gasteiger partial charge in [-0.25, -0.2) is 0 Å². The second-order valence-corrected chi connectivity index (χ2v) is 4.53. The second kappa shape index (κ2) is 6.66. The van der Waals surface area contributed by atoms with Gasteiger partial charge in [-0.2, -0.15) is 0 Å². The highest BCUT2D eigenvalue weighted by molar-refractivity contribution is 5.73. The van der Waals surface area contributed by atoms with Gasteiger partial charge in [0.2, 0.25) is 5.91 Å². The van der Waals surface area contributed by atoms with Crippen molar-refractivity contribution in [1.82, 2.24) is 15.5 Å². The van der Waals surface area contributed by atoms with Crippen molar-refractivity contribution in [2.45, 2.75) is 25.8 Å². The maximum Gasteiger partial charge on any atom is 0.217 e. The van der Waals surface area contributed by atoms with Gasteiger partial charge in [0.25, 0.3) is 0 Å². The first-order valence-electron chi connectivity index (χ1n) is 5.92. The van der Waals surface area contributed by atoms with Gasteiger partial charge in [-0.05, 0) is 25.5 Å². The standard InChI is InChI=1S/C12H23N3O/c1-10(8-13-3)9-15-6-4-12(5-7-15)14-11(2)16/h12-13H,1,4-9H2,2-3H3,(H,14,16). The number of amides is 1. The van der Waals surface area contributed by atoms with Crippen LogP contribution in [0.15, 0.2) is 12.2 Å². The molecule has 0 spiro atoms. The molecule has 1 heterocycles. The first kappa shape index (κ1) is 13.2. The number of nitrogens with one attached hydrogen (secondary N) is 2. The molecule has 1 amide bonds. The number of hydrogen-bond acceptors (Lipinski definition) is 3. The van der Waals surface area contributed by atoms with Crippen LogP contribution in [0.2, 0.25) is 0 Å². The monoisotopic (exact) mass is 225 g/mol. The molecule has 92 valence electrons. The SMILES string of the molecule is C=C(CNC)CN1CCC(NC(C)=O)CC1. The predicted molar refractivity (Wildman–Crippen MR) is 66.3 cm³/mol. The lowest BCUT2D eigenvalue weighted by Crippen LogP contribution is -2.44. The third kappa shape index (κ3) is 4.77. The van der Waals surface area contributed by atoms with Crippen LogP contribution in [0.25, 0.3) is 0 Å². The number of nitrogens with zero attached hydrogens (tertiary/aromatic N) is 1. The molecular formula is C12H23N3O. The van der Waals surface area contributed by atoms with Crippen molar-refractivity contribution < 1.29 is 4.79 Å². The third-order valence-corrected chi connectivity index (χ3v) is 2.87. The molecule has 4 heteroatoms. The van der Waals surface area contributed by atoms with Gasteiger partial charge in [0, 0.05) is 39.1 Å². The normalized spacial score (nSPS) is 18.4. The minimum absolute atomic E-state index is 0.0815. The van der Waals surface area contributed by atoms with E-state index in [0.29, 0.717) is 6.04 Å². The number of carbonyl (C=O) groups excluding carboxylic acids is 1. The van der Waals surface area contributed by atoms with E-state index in [1.807, 2.05) is 7.05 Å². The lowest BCUT2D eigenvalue weighted by molar-refractivity contribution is -0.119. The van der Waals surface area contributed by atoms with E-state index in [1.165, 1.54) is 5.57 Å². The molecule has 0 saturated carbocycles. The summed E-state index contributed by atoms with van der Waals surface area (Å²) in [7, 11) is 1.94. The highest BCUT2D eigenvalue weighted by Crippen LogP contribution is 2.11. The molecule has 0 atom stereocenters. The first-order chi connectivity index (χ1) is 7.61. The van der Waals surface area contributed by atoms with E-state index in [1.54, 1.807) is 6.92 Å². The van der Waals surface area contributed by atoms with Gasteiger partial charge >= 0.3 is 0 Å². The Balaban J connectivity index is 2.21. The Hall–Kier alpha value is -0.870. The topological polar surface area (TPSA) is 44.4 Å². The summed E-state index contributed by atoms with van der Waals surface area (Å²) in [4.78, 5) is 13.3. The Bertz CT molecular complexity index is 245. The molecule has 0 unspecified atom stereocenters. The van der Waals surface area contributed by atoms with Crippen molar-refractivity contribution in [3.05, 3.63) is 12.2 Å². The summed E-state index contributed by atoms with van der Waals surface area (Å²) < 4.78 is 0. The summed E-state index contributed by atoms with van der Waals surface area (Å²) >= 11 is 0. The van der Waals surface area contributed by atoms with Gasteiger partial charge in [0.15, 0.2) is 0 Å². The van der Waals surface area contributed by atoms with Crippen molar-refractivity contribution in [1.29, 1.82) is 0 Å². The summed E-state index contributed by atoms with van der Waals surface area (Å²) in [5.74, 6) is 0.0815. The van der Waals surface area contributed by atoms with Gasteiger partial charge < -0.3 is 10.6 Å². The van der Waals surface area contributed by atoms with E-state index in [4.69, 9.17) is 0 Å². The van der Waals surface area contributed by atoms with Crippen molar-refractivity contribution in [2.75, 3.05) is 33.2 Å². The molecule has 4 nitrogen and oxygen atoms in total. The Morgan fingerprint density at radius 3 is 2.56 bits per heavy atom. The smallest absolute Gasteiger partial charge is 0.217 e. The molecule has 0 aromatic rings. The Morgan fingerprint density at radius 1 is 1.44 bits per heavy atom.